The molecular weight excluding hydrogens is 172 g/mol. The van der Waals surface area contributed by atoms with E-state index < -0.39 is 0 Å². The van der Waals surface area contributed by atoms with Crippen molar-refractivity contribution in [2.45, 2.75) is 20.3 Å². The van der Waals surface area contributed by atoms with Gasteiger partial charge in [-0.1, -0.05) is 25.4 Å². The lowest BCUT2D eigenvalue weighted by Crippen LogP contribution is -1.94. The summed E-state index contributed by atoms with van der Waals surface area (Å²) in [6, 6.07) is 5.15. The summed E-state index contributed by atoms with van der Waals surface area (Å²) in [5.74, 6) is 0.877. The van der Waals surface area contributed by atoms with Crippen LogP contribution in [0.2, 0.25) is 5.02 Å². The Morgan fingerprint density at radius 3 is 2.67 bits per heavy atom. The molecule has 0 heterocycles. The second-order valence-electron chi connectivity index (χ2n) is 3.37. The van der Waals surface area contributed by atoms with E-state index in [0.29, 0.717) is 16.7 Å². The molecule has 0 aliphatic heterocycles. The Kier molecular flexibility index (Phi) is 2.99. The lowest BCUT2D eigenvalue weighted by Gasteiger charge is -2.07. The van der Waals surface area contributed by atoms with E-state index in [0.717, 1.165) is 12.0 Å². The molecule has 1 rings (SSSR count). The van der Waals surface area contributed by atoms with E-state index in [1.807, 2.05) is 6.07 Å². The van der Waals surface area contributed by atoms with Crippen molar-refractivity contribution in [1.29, 1.82) is 0 Å². The zero-order valence-electron chi connectivity index (χ0n) is 7.34. The zero-order chi connectivity index (χ0) is 9.14. The third kappa shape index (κ3) is 2.42. The molecule has 0 bridgehead atoms. The molecule has 0 aliphatic carbocycles. The molecule has 0 saturated heterocycles. The number of aromatic hydroxyl groups is 1. The molecule has 1 aromatic carbocycles. The van der Waals surface area contributed by atoms with E-state index in [1.54, 1.807) is 12.1 Å². The second kappa shape index (κ2) is 3.81. The van der Waals surface area contributed by atoms with Crippen molar-refractivity contribution < 1.29 is 5.11 Å². The minimum atomic E-state index is 0.341. The fourth-order valence-corrected chi connectivity index (χ4v) is 1.35. The van der Waals surface area contributed by atoms with Gasteiger partial charge in [0, 0.05) is 5.02 Å². The van der Waals surface area contributed by atoms with Crippen LogP contribution in [0, 0.1) is 5.92 Å². The van der Waals surface area contributed by atoms with Crippen LogP contribution in [-0.2, 0) is 6.42 Å². The van der Waals surface area contributed by atoms with Gasteiger partial charge in [-0.25, -0.2) is 0 Å². The van der Waals surface area contributed by atoms with Crippen molar-refractivity contribution in [2.24, 2.45) is 5.92 Å². The molecule has 1 nitrogen and oxygen atoms in total. The van der Waals surface area contributed by atoms with Gasteiger partial charge in [-0.15, -0.1) is 0 Å². The number of phenols is 1. The van der Waals surface area contributed by atoms with Crippen molar-refractivity contribution in [3.63, 3.8) is 0 Å². The maximum atomic E-state index is 9.43. The Morgan fingerprint density at radius 1 is 1.42 bits per heavy atom. The highest BCUT2D eigenvalue weighted by molar-refractivity contribution is 6.30. The smallest absolute Gasteiger partial charge is 0.118 e. The second-order valence-corrected chi connectivity index (χ2v) is 3.81. The number of hydrogen-bond acceptors (Lipinski definition) is 1. The first kappa shape index (κ1) is 9.40. The van der Waals surface area contributed by atoms with Gasteiger partial charge >= 0.3 is 0 Å². The molecule has 0 atom stereocenters. The van der Waals surface area contributed by atoms with Crippen LogP contribution in [0.3, 0.4) is 0 Å². The number of hydrogen-bond donors (Lipinski definition) is 1. The lowest BCUT2D eigenvalue weighted by molar-refractivity contribution is 0.462. The van der Waals surface area contributed by atoms with Crippen molar-refractivity contribution in [2.75, 3.05) is 0 Å². The van der Waals surface area contributed by atoms with Gasteiger partial charge in [-0.3, -0.25) is 0 Å². The number of halogens is 1. The molecule has 0 amide bonds. The molecule has 0 fully saturated rings. The van der Waals surface area contributed by atoms with Crippen LogP contribution in [0.5, 0.6) is 5.75 Å². The molecule has 0 spiro atoms. The monoisotopic (exact) mass is 184 g/mol. The summed E-state index contributed by atoms with van der Waals surface area (Å²) in [5.41, 5.74) is 0.928. The van der Waals surface area contributed by atoms with Crippen LogP contribution in [0.4, 0.5) is 0 Å². The Balaban J connectivity index is 2.90. The molecule has 0 unspecified atom stereocenters. The van der Waals surface area contributed by atoms with Crippen LogP contribution in [-0.4, -0.2) is 5.11 Å². The standard InChI is InChI=1S/C10H13ClO/c1-7(2)5-8-6-9(11)3-4-10(8)12/h3-4,6-7,12H,5H2,1-2H3. The number of benzene rings is 1. The van der Waals surface area contributed by atoms with Crippen molar-refractivity contribution in [1.82, 2.24) is 0 Å². The average molecular weight is 185 g/mol. The molecule has 0 radical (unpaired) electrons. The summed E-state index contributed by atoms with van der Waals surface area (Å²) in [7, 11) is 0. The molecule has 0 saturated carbocycles. The van der Waals surface area contributed by atoms with Crippen LogP contribution < -0.4 is 0 Å². The van der Waals surface area contributed by atoms with Gasteiger partial charge in [0.15, 0.2) is 0 Å². The van der Waals surface area contributed by atoms with Crippen molar-refractivity contribution in [3.05, 3.63) is 28.8 Å². The van der Waals surface area contributed by atoms with E-state index in [-0.39, 0.29) is 0 Å². The van der Waals surface area contributed by atoms with E-state index in [2.05, 4.69) is 13.8 Å². The fourth-order valence-electron chi connectivity index (χ4n) is 1.16. The van der Waals surface area contributed by atoms with E-state index >= 15 is 0 Å². The first-order valence-electron chi connectivity index (χ1n) is 4.07. The molecule has 66 valence electrons. The largest absolute Gasteiger partial charge is 0.508 e. The summed E-state index contributed by atoms with van der Waals surface area (Å²) in [6.07, 6.45) is 0.867. The predicted octanol–water partition coefficient (Wildman–Crippen LogP) is 3.24. The van der Waals surface area contributed by atoms with Gasteiger partial charge in [-0.05, 0) is 36.1 Å². The van der Waals surface area contributed by atoms with Gasteiger partial charge in [0.25, 0.3) is 0 Å². The first-order valence-corrected chi connectivity index (χ1v) is 4.45. The summed E-state index contributed by atoms with van der Waals surface area (Å²) in [4.78, 5) is 0. The maximum Gasteiger partial charge on any atom is 0.118 e. The van der Waals surface area contributed by atoms with E-state index in [9.17, 15) is 5.11 Å². The minimum Gasteiger partial charge on any atom is -0.508 e. The van der Waals surface area contributed by atoms with Gasteiger partial charge in [0.1, 0.15) is 5.75 Å². The Labute approximate surface area is 78.0 Å². The number of phenolic OH excluding ortho intramolecular Hbond substituents is 1. The summed E-state index contributed by atoms with van der Waals surface area (Å²) in [6.45, 7) is 4.22. The molecule has 0 aromatic heterocycles. The Hall–Kier alpha value is -0.690. The van der Waals surface area contributed by atoms with E-state index in [1.165, 1.54) is 0 Å². The van der Waals surface area contributed by atoms with Gasteiger partial charge < -0.3 is 5.11 Å². The SMILES string of the molecule is CC(C)Cc1cc(Cl)ccc1O. The maximum absolute atomic E-state index is 9.43. The highest BCUT2D eigenvalue weighted by Crippen LogP contribution is 2.23. The highest BCUT2D eigenvalue weighted by Gasteiger charge is 2.03. The third-order valence-corrected chi connectivity index (χ3v) is 1.90. The molecule has 1 N–H and O–H groups in total. The van der Waals surface area contributed by atoms with Crippen LogP contribution in [0.1, 0.15) is 19.4 Å². The van der Waals surface area contributed by atoms with Crippen LogP contribution in [0.25, 0.3) is 0 Å². The summed E-state index contributed by atoms with van der Waals surface area (Å²) >= 11 is 5.79. The van der Waals surface area contributed by atoms with Crippen LogP contribution in [0.15, 0.2) is 18.2 Å². The quantitative estimate of drug-likeness (QED) is 0.748. The van der Waals surface area contributed by atoms with E-state index in [4.69, 9.17) is 11.6 Å². The Bertz CT molecular complexity index is 269. The molecule has 0 aliphatic rings. The molecule has 12 heavy (non-hydrogen) atoms. The van der Waals surface area contributed by atoms with Crippen molar-refractivity contribution >= 4 is 11.6 Å². The zero-order valence-corrected chi connectivity index (χ0v) is 8.10. The van der Waals surface area contributed by atoms with Gasteiger partial charge in [0.2, 0.25) is 0 Å². The third-order valence-electron chi connectivity index (χ3n) is 1.67. The van der Waals surface area contributed by atoms with Crippen molar-refractivity contribution in [3.8, 4) is 5.75 Å². The predicted molar refractivity (Wildman–Crippen MR) is 51.7 cm³/mol. The summed E-state index contributed by atoms with van der Waals surface area (Å²) < 4.78 is 0. The lowest BCUT2D eigenvalue weighted by atomic mass is 10.0. The fraction of sp³-hybridized carbons (Fsp3) is 0.400. The topological polar surface area (TPSA) is 20.2 Å². The summed E-state index contributed by atoms with van der Waals surface area (Å²) in [5, 5.41) is 10.1. The minimum absolute atomic E-state index is 0.341. The molecule has 2 heteroatoms. The van der Waals surface area contributed by atoms with Gasteiger partial charge in [-0.2, -0.15) is 0 Å². The molecular formula is C10H13ClO. The first-order chi connectivity index (χ1) is 5.59. The highest BCUT2D eigenvalue weighted by atomic mass is 35.5. The number of rotatable bonds is 2. The van der Waals surface area contributed by atoms with Gasteiger partial charge in [0.05, 0.1) is 0 Å². The Morgan fingerprint density at radius 2 is 2.08 bits per heavy atom. The van der Waals surface area contributed by atoms with Crippen LogP contribution >= 0.6 is 11.6 Å². The normalized spacial score (nSPS) is 10.7. The average Bonchev–Trinajstić information content (AvgIpc) is 1.96. The molecule has 1 aromatic rings.